The summed E-state index contributed by atoms with van der Waals surface area (Å²) in [5.41, 5.74) is 8.71. The van der Waals surface area contributed by atoms with Crippen LogP contribution in [-0.2, 0) is 22.6 Å². The summed E-state index contributed by atoms with van der Waals surface area (Å²) in [6.07, 6.45) is 3.04. The van der Waals surface area contributed by atoms with Crippen molar-refractivity contribution in [2.24, 2.45) is 0 Å². The third-order valence-electron chi connectivity index (χ3n) is 6.18. The van der Waals surface area contributed by atoms with Crippen LogP contribution in [-0.4, -0.2) is 57.8 Å². The fourth-order valence-electron chi connectivity index (χ4n) is 4.32. The molecular weight excluding hydrogens is 418 g/mol. The van der Waals surface area contributed by atoms with E-state index >= 15 is 0 Å². The summed E-state index contributed by atoms with van der Waals surface area (Å²) in [6, 6.07) is 13.1. The highest BCUT2D eigenvalue weighted by molar-refractivity contribution is 5.90. The van der Waals surface area contributed by atoms with Crippen LogP contribution in [0, 0.1) is 0 Å². The van der Waals surface area contributed by atoms with Crippen molar-refractivity contribution in [2.45, 2.75) is 38.8 Å². The van der Waals surface area contributed by atoms with E-state index in [-0.39, 0.29) is 11.8 Å². The Bertz CT molecular complexity index is 1150. The summed E-state index contributed by atoms with van der Waals surface area (Å²) < 4.78 is 5.18. The summed E-state index contributed by atoms with van der Waals surface area (Å²) in [5.74, 6) is 1.24. The molecule has 3 aromatic rings. The van der Waals surface area contributed by atoms with Gasteiger partial charge in [0.1, 0.15) is 23.9 Å². The Morgan fingerprint density at radius 2 is 1.88 bits per heavy atom. The van der Waals surface area contributed by atoms with E-state index in [0.717, 1.165) is 27.8 Å². The van der Waals surface area contributed by atoms with Gasteiger partial charge in [-0.05, 0) is 48.2 Å². The van der Waals surface area contributed by atoms with Crippen LogP contribution >= 0.6 is 0 Å². The number of nitrogen functional groups attached to an aromatic ring is 1. The van der Waals surface area contributed by atoms with E-state index in [1.807, 2.05) is 54.3 Å². The van der Waals surface area contributed by atoms with Crippen molar-refractivity contribution in [3.8, 4) is 5.75 Å². The van der Waals surface area contributed by atoms with Gasteiger partial charge in [0.25, 0.3) is 0 Å². The van der Waals surface area contributed by atoms with Gasteiger partial charge in [0.05, 0.1) is 12.6 Å². The number of aryl methyl sites for hydroxylation is 1. The molecule has 1 atom stereocenters. The van der Waals surface area contributed by atoms with Crippen LogP contribution in [0.4, 0.5) is 5.82 Å². The number of benzene rings is 2. The minimum absolute atomic E-state index is 0.0103. The SMILES string of the molecule is CC[C@H]1C(=O)N(Cc2ccc3c(N)ncnc3c2)CCN1C(=O)CCc1ccc(OC)cc1. The smallest absolute Gasteiger partial charge is 0.245 e. The molecule has 1 saturated heterocycles. The number of ether oxygens (including phenoxy) is 1. The molecule has 4 rings (SSSR count). The van der Waals surface area contributed by atoms with Crippen LogP contribution < -0.4 is 10.5 Å². The third-order valence-corrected chi connectivity index (χ3v) is 6.18. The molecule has 0 spiro atoms. The minimum atomic E-state index is -0.430. The molecule has 1 aliphatic rings. The highest BCUT2D eigenvalue weighted by Crippen LogP contribution is 2.22. The van der Waals surface area contributed by atoms with Crippen LogP contribution in [0.3, 0.4) is 0 Å². The number of carbonyl (C=O) groups is 2. The molecule has 0 bridgehead atoms. The monoisotopic (exact) mass is 447 g/mol. The van der Waals surface area contributed by atoms with Crippen LogP contribution in [0.25, 0.3) is 10.9 Å². The second kappa shape index (κ2) is 9.85. The largest absolute Gasteiger partial charge is 0.497 e. The zero-order valence-corrected chi connectivity index (χ0v) is 19.0. The van der Waals surface area contributed by atoms with E-state index in [9.17, 15) is 9.59 Å². The van der Waals surface area contributed by atoms with Gasteiger partial charge >= 0.3 is 0 Å². The lowest BCUT2D eigenvalue weighted by atomic mass is 10.0. The van der Waals surface area contributed by atoms with Crippen molar-refractivity contribution in [3.05, 3.63) is 59.9 Å². The van der Waals surface area contributed by atoms with Gasteiger partial charge < -0.3 is 20.3 Å². The van der Waals surface area contributed by atoms with E-state index in [2.05, 4.69) is 9.97 Å². The van der Waals surface area contributed by atoms with Gasteiger partial charge in [-0.1, -0.05) is 25.1 Å². The van der Waals surface area contributed by atoms with Crippen LogP contribution in [0.15, 0.2) is 48.8 Å². The Kier molecular flexibility index (Phi) is 6.72. The normalized spacial score (nSPS) is 16.3. The minimum Gasteiger partial charge on any atom is -0.497 e. The number of nitrogens with two attached hydrogens (primary N) is 1. The van der Waals surface area contributed by atoms with Crippen molar-refractivity contribution in [3.63, 3.8) is 0 Å². The van der Waals surface area contributed by atoms with Gasteiger partial charge in [0, 0.05) is 31.4 Å². The van der Waals surface area contributed by atoms with Gasteiger partial charge in [-0.15, -0.1) is 0 Å². The lowest BCUT2D eigenvalue weighted by Gasteiger charge is -2.40. The molecule has 1 aromatic heterocycles. The van der Waals surface area contributed by atoms with Gasteiger partial charge in [-0.25, -0.2) is 9.97 Å². The molecule has 33 heavy (non-hydrogen) atoms. The Balaban J connectivity index is 1.39. The molecule has 2 aromatic carbocycles. The summed E-state index contributed by atoms with van der Waals surface area (Å²) >= 11 is 0. The van der Waals surface area contributed by atoms with E-state index in [1.54, 1.807) is 12.0 Å². The average molecular weight is 448 g/mol. The number of piperazine rings is 1. The molecule has 0 unspecified atom stereocenters. The molecule has 1 aliphatic heterocycles. The second-order valence-electron chi connectivity index (χ2n) is 8.23. The van der Waals surface area contributed by atoms with E-state index in [1.165, 1.54) is 6.33 Å². The molecule has 0 aliphatic carbocycles. The topological polar surface area (TPSA) is 102 Å². The number of rotatable bonds is 7. The summed E-state index contributed by atoms with van der Waals surface area (Å²) in [4.78, 5) is 38.0. The standard InChI is InChI=1S/C25H29N5O3/c1-3-22-25(32)29(15-18-6-10-20-21(14-18)27-16-28-24(20)26)12-13-30(22)23(31)11-7-17-4-8-19(33-2)9-5-17/h4-6,8-10,14,16,22H,3,7,11-13,15H2,1-2H3,(H2,26,27,28)/t22-/m0/s1. The Morgan fingerprint density at radius 1 is 1.12 bits per heavy atom. The zero-order valence-electron chi connectivity index (χ0n) is 19.0. The lowest BCUT2D eigenvalue weighted by molar-refractivity contribution is -0.152. The van der Waals surface area contributed by atoms with Crippen LogP contribution in [0.5, 0.6) is 5.75 Å². The zero-order chi connectivity index (χ0) is 23.4. The predicted octanol–water partition coefficient (Wildman–Crippen LogP) is 2.80. The van der Waals surface area contributed by atoms with Crippen molar-refractivity contribution in [1.29, 1.82) is 0 Å². The molecule has 8 nitrogen and oxygen atoms in total. The first-order chi connectivity index (χ1) is 16.0. The third kappa shape index (κ3) is 4.89. The van der Waals surface area contributed by atoms with Gasteiger partial charge in [0.15, 0.2) is 0 Å². The average Bonchev–Trinajstić information content (AvgIpc) is 2.84. The summed E-state index contributed by atoms with van der Waals surface area (Å²) in [5, 5.41) is 0.797. The van der Waals surface area contributed by atoms with Crippen molar-refractivity contribution in [2.75, 3.05) is 25.9 Å². The quantitative estimate of drug-likeness (QED) is 0.598. The first-order valence-corrected chi connectivity index (χ1v) is 11.2. The lowest BCUT2D eigenvalue weighted by Crippen LogP contribution is -2.58. The number of amides is 2. The first kappa shape index (κ1) is 22.5. The maximum absolute atomic E-state index is 13.2. The van der Waals surface area contributed by atoms with Crippen molar-refractivity contribution in [1.82, 2.24) is 19.8 Å². The number of nitrogens with zero attached hydrogens (tertiary/aromatic N) is 4. The molecule has 172 valence electrons. The van der Waals surface area contributed by atoms with Crippen molar-refractivity contribution >= 4 is 28.5 Å². The first-order valence-electron chi connectivity index (χ1n) is 11.2. The van der Waals surface area contributed by atoms with Gasteiger partial charge in [-0.2, -0.15) is 0 Å². The Hall–Kier alpha value is -3.68. The molecule has 2 heterocycles. The fourth-order valence-corrected chi connectivity index (χ4v) is 4.32. The molecular formula is C25H29N5O3. The van der Waals surface area contributed by atoms with E-state index in [4.69, 9.17) is 10.5 Å². The van der Waals surface area contributed by atoms with Crippen LogP contribution in [0.2, 0.25) is 0 Å². The molecule has 2 amide bonds. The van der Waals surface area contributed by atoms with E-state index in [0.29, 0.717) is 44.7 Å². The second-order valence-corrected chi connectivity index (χ2v) is 8.23. The number of fused-ring (bicyclic) bond motifs is 1. The number of anilines is 1. The number of methoxy groups -OCH3 is 1. The van der Waals surface area contributed by atoms with Crippen molar-refractivity contribution < 1.29 is 14.3 Å². The number of hydrogen-bond donors (Lipinski definition) is 1. The maximum atomic E-state index is 13.2. The molecule has 2 N–H and O–H groups in total. The van der Waals surface area contributed by atoms with Gasteiger partial charge in [0.2, 0.25) is 11.8 Å². The summed E-state index contributed by atoms with van der Waals surface area (Å²) in [6.45, 7) is 3.47. The predicted molar refractivity (Wildman–Crippen MR) is 126 cm³/mol. The van der Waals surface area contributed by atoms with Gasteiger partial charge in [-0.3, -0.25) is 9.59 Å². The van der Waals surface area contributed by atoms with E-state index < -0.39 is 6.04 Å². The number of aromatic nitrogens is 2. The summed E-state index contributed by atoms with van der Waals surface area (Å²) in [7, 11) is 1.63. The fraction of sp³-hybridized carbons (Fsp3) is 0.360. The Labute approximate surface area is 193 Å². The maximum Gasteiger partial charge on any atom is 0.245 e. The molecule has 8 heteroatoms. The Morgan fingerprint density at radius 3 is 2.61 bits per heavy atom. The number of carbonyl (C=O) groups excluding carboxylic acids is 2. The molecule has 0 radical (unpaired) electrons. The molecule has 1 fully saturated rings. The number of hydrogen-bond acceptors (Lipinski definition) is 6. The van der Waals surface area contributed by atoms with Crippen LogP contribution in [0.1, 0.15) is 30.9 Å². The molecule has 0 saturated carbocycles. The highest BCUT2D eigenvalue weighted by Gasteiger charge is 2.35. The highest BCUT2D eigenvalue weighted by atomic mass is 16.5.